The van der Waals surface area contributed by atoms with Crippen LogP contribution in [0.5, 0.6) is 0 Å². The van der Waals surface area contributed by atoms with Crippen molar-refractivity contribution in [2.45, 2.75) is 6.42 Å². The van der Waals surface area contributed by atoms with Crippen LogP contribution in [0, 0.1) is 0 Å². The van der Waals surface area contributed by atoms with E-state index in [0.29, 0.717) is 6.61 Å². The predicted molar refractivity (Wildman–Crippen MR) is 49.5 cm³/mol. The zero-order valence-electron chi connectivity index (χ0n) is 6.42. The van der Waals surface area contributed by atoms with E-state index in [9.17, 15) is 4.79 Å². The van der Waals surface area contributed by atoms with Gasteiger partial charge in [0, 0.05) is 10.9 Å². The lowest BCUT2D eigenvalue weighted by Gasteiger charge is -1.98. The average molecular weight is 228 g/mol. The van der Waals surface area contributed by atoms with E-state index >= 15 is 0 Å². The summed E-state index contributed by atoms with van der Waals surface area (Å²) in [4.78, 5) is 9.69. The Bertz CT molecular complexity index is 243. The molecule has 1 aromatic carbocycles. The molecule has 0 unspecified atom stereocenters. The third-order valence-electron chi connectivity index (χ3n) is 1.46. The van der Waals surface area contributed by atoms with Crippen LogP contribution in [0.15, 0.2) is 28.7 Å². The van der Waals surface area contributed by atoms with E-state index in [-0.39, 0.29) is 0 Å². The second-order valence-corrected chi connectivity index (χ2v) is 3.22. The zero-order valence-corrected chi connectivity index (χ0v) is 8.00. The standard InChI is InChI=1S/C9H8BrO2/c10-9-3-1-8(2-4-9)5-6-12-7-11/h1-4H,5-6H2. The number of rotatable bonds is 4. The molecular weight excluding hydrogens is 220 g/mol. The molecule has 0 fully saturated rings. The van der Waals surface area contributed by atoms with Gasteiger partial charge in [-0.3, -0.25) is 0 Å². The smallest absolute Gasteiger partial charge is 0.417 e. The van der Waals surface area contributed by atoms with Crippen LogP contribution in [-0.2, 0) is 16.0 Å². The molecule has 0 saturated heterocycles. The first kappa shape index (κ1) is 9.26. The Kier molecular flexibility index (Phi) is 3.80. The van der Waals surface area contributed by atoms with Crippen molar-refractivity contribution in [2.75, 3.05) is 6.61 Å². The SMILES string of the molecule is O=[C]OCCc1ccc(Br)cc1. The highest BCUT2D eigenvalue weighted by Crippen LogP contribution is 2.10. The van der Waals surface area contributed by atoms with E-state index < -0.39 is 0 Å². The van der Waals surface area contributed by atoms with Crippen LogP contribution in [0.3, 0.4) is 0 Å². The second-order valence-electron chi connectivity index (χ2n) is 2.31. The fourth-order valence-corrected chi connectivity index (χ4v) is 1.13. The van der Waals surface area contributed by atoms with Gasteiger partial charge in [0.1, 0.15) is 0 Å². The summed E-state index contributed by atoms with van der Waals surface area (Å²) in [5, 5.41) is 0. The van der Waals surface area contributed by atoms with Gasteiger partial charge in [0.25, 0.3) is 0 Å². The molecule has 1 aromatic rings. The first-order valence-corrected chi connectivity index (χ1v) is 4.35. The molecule has 0 heterocycles. The highest BCUT2D eigenvalue weighted by molar-refractivity contribution is 9.10. The molecule has 0 N–H and O–H groups in total. The first-order valence-electron chi connectivity index (χ1n) is 3.56. The molecule has 0 atom stereocenters. The molecule has 1 rings (SSSR count). The highest BCUT2D eigenvalue weighted by Gasteiger charge is 1.92. The van der Waals surface area contributed by atoms with E-state index in [1.165, 1.54) is 6.47 Å². The predicted octanol–water partition coefficient (Wildman–Crippen LogP) is 2.08. The van der Waals surface area contributed by atoms with Gasteiger partial charge in [0.05, 0.1) is 6.61 Å². The van der Waals surface area contributed by atoms with Gasteiger partial charge >= 0.3 is 6.47 Å². The summed E-state index contributed by atoms with van der Waals surface area (Å²) in [6.07, 6.45) is 0.739. The summed E-state index contributed by atoms with van der Waals surface area (Å²) in [5.41, 5.74) is 1.15. The van der Waals surface area contributed by atoms with E-state index in [0.717, 1.165) is 16.5 Å². The Morgan fingerprint density at radius 3 is 2.58 bits per heavy atom. The van der Waals surface area contributed by atoms with E-state index in [1.54, 1.807) is 0 Å². The molecule has 0 aliphatic heterocycles. The molecule has 2 nitrogen and oxygen atoms in total. The minimum atomic E-state index is 0.394. The molecule has 0 bridgehead atoms. The third kappa shape index (κ3) is 3.05. The number of carbonyl (C=O) groups excluding carboxylic acids is 1. The van der Waals surface area contributed by atoms with E-state index in [1.807, 2.05) is 24.3 Å². The van der Waals surface area contributed by atoms with Crippen molar-refractivity contribution in [3.8, 4) is 0 Å². The molecule has 0 aliphatic carbocycles. The molecule has 0 spiro atoms. The van der Waals surface area contributed by atoms with Crippen molar-refractivity contribution in [3.63, 3.8) is 0 Å². The summed E-state index contributed by atoms with van der Waals surface area (Å²) < 4.78 is 5.50. The van der Waals surface area contributed by atoms with Gasteiger partial charge in [-0.05, 0) is 17.7 Å². The molecular formula is C9H8BrO2. The van der Waals surface area contributed by atoms with Crippen LogP contribution in [0.2, 0.25) is 0 Å². The van der Waals surface area contributed by atoms with Crippen molar-refractivity contribution in [1.29, 1.82) is 0 Å². The molecule has 0 amide bonds. The fourth-order valence-electron chi connectivity index (χ4n) is 0.862. The number of hydrogen-bond donors (Lipinski definition) is 0. The first-order chi connectivity index (χ1) is 5.83. The number of hydrogen-bond acceptors (Lipinski definition) is 2. The fraction of sp³-hybridized carbons (Fsp3) is 0.222. The van der Waals surface area contributed by atoms with Crippen LogP contribution < -0.4 is 0 Å². The number of halogens is 1. The van der Waals surface area contributed by atoms with Crippen LogP contribution >= 0.6 is 15.9 Å². The van der Waals surface area contributed by atoms with Gasteiger partial charge in [-0.15, -0.1) is 0 Å². The minimum absolute atomic E-state index is 0.394. The summed E-state index contributed by atoms with van der Waals surface area (Å²) in [7, 11) is 0. The largest absolute Gasteiger partial charge is 0.457 e. The van der Waals surface area contributed by atoms with Gasteiger partial charge in [-0.25, -0.2) is 4.79 Å². The normalized spacial score (nSPS) is 9.42. The molecule has 1 radical (unpaired) electrons. The van der Waals surface area contributed by atoms with Crippen LogP contribution in [0.25, 0.3) is 0 Å². The Morgan fingerprint density at radius 2 is 2.00 bits per heavy atom. The van der Waals surface area contributed by atoms with Crippen LogP contribution in [-0.4, -0.2) is 13.1 Å². The molecule has 12 heavy (non-hydrogen) atoms. The molecule has 0 aliphatic rings. The maximum atomic E-state index is 9.69. The van der Waals surface area contributed by atoms with Crippen LogP contribution in [0.1, 0.15) is 5.56 Å². The summed E-state index contributed by atoms with van der Waals surface area (Å²) in [5.74, 6) is 0. The van der Waals surface area contributed by atoms with E-state index in [2.05, 4.69) is 20.7 Å². The van der Waals surface area contributed by atoms with Gasteiger partial charge in [-0.2, -0.15) is 0 Å². The van der Waals surface area contributed by atoms with Gasteiger partial charge in [0.15, 0.2) is 0 Å². The monoisotopic (exact) mass is 227 g/mol. The Balaban J connectivity index is 2.42. The lowest BCUT2D eigenvalue weighted by atomic mass is 10.2. The molecule has 0 aromatic heterocycles. The molecule has 63 valence electrons. The van der Waals surface area contributed by atoms with E-state index in [4.69, 9.17) is 0 Å². The summed E-state index contributed by atoms with van der Waals surface area (Å²) >= 11 is 3.33. The number of ether oxygens (including phenoxy) is 1. The molecule has 0 saturated carbocycles. The van der Waals surface area contributed by atoms with Crippen molar-refractivity contribution in [1.82, 2.24) is 0 Å². The lowest BCUT2D eigenvalue weighted by Crippen LogP contribution is -1.95. The Hall–Kier alpha value is -0.830. The maximum Gasteiger partial charge on any atom is 0.417 e. The topological polar surface area (TPSA) is 26.3 Å². The highest BCUT2D eigenvalue weighted by atomic mass is 79.9. The van der Waals surface area contributed by atoms with Gasteiger partial charge in [-0.1, -0.05) is 28.1 Å². The van der Waals surface area contributed by atoms with Gasteiger partial charge in [0.2, 0.25) is 0 Å². The second kappa shape index (κ2) is 4.93. The number of benzene rings is 1. The third-order valence-corrected chi connectivity index (χ3v) is 1.99. The minimum Gasteiger partial charge on any atom is -0.457 e. The summed E-state index contributed by atoms with van der Waals surface area (Å²) in [6.45, 7) is 1.78. The average Bonchev–Trinajstić information content (AvgIpc) is 2.09. The maximum absolute atomic E-state index is 9.69. The quantitative estimate of drug-likeness (QED) is 0.737. The van der Waals surface area contributed by atoms with Crippen molar-refractivity contribution in [2.24, 2.45) is 0 Å². The molecule has 3 heteroatoms. The lowest BCUT2D eigenvalue weighted by molar-refractivity contribution is 0.282. The van der Waals surface area contributed by atoms with Crippen molar-refractivity contribution in [3.05, 3.63) is 34.3 Å². The van der Waals surface area contributed by atoms with Crippen LogP contribution in [0.4, 0.5) is 0 Å². The Labute approximate surface area is 79.7 Å². The van der Waals surface area contributed by atoms with Crippen molar-refractivity contribution < 1.29 is 9.53 Å². The van der Waals surface area contributed by atoms with Crippen molar-refractivity contribution >= 4 is 22.4 Å². The Morgan fingerprint density at radius 1 is 1.33 bits per heavy atom. The summed E-state index contributed by atoms with van der Waals surface area (Å²) in [6, 6.07) is 7.89. The zero-order chi connectivity index (χ0) is 8.81. The van der Waals surface area contributed by atoms with Gasteiger partial charge < -0.3 is 4.74 Å².